The molecule has 2 fully saturated rings. The number of hydrogen-bond acceptors (Lipinski definition) is 3. The molecule has 0 saturated heterocycles. The molecule has 0 aromatic carbocycles. The van der Waals surface area contributed by atoms with Gasteiger partial charge in [-0.2, -0.15) is 0 Å². The van der Waals surface area contributed by atoms with Gasteiger partial charge in [-0.05, 0) is 38.0 Å². The Labute approximate surface area is 146 Å². The molecule has 0 radical (unpaired) electrons. The van der Waals surface area contributed by atoms with Gasteiger partial charge in [-0.3, -0.25) is 4.79 Å². The van der Waals surface area contributed by atoms with Crippen LogP contribution in [0.1, 0.15) is 51.4 Å². The lowest BCUT2D eigenvalue weighted by molar-refractivity contribution is -0.127. The van der Waals surface area contributed by atoms with Gasteiger partial charge in [-0.15, -0.1) is 0 Å². The standard InChI is InChI=1S/C18H34N4O2/c1-22(2)17(23)13-20-18(21-16-7-4-3-5-8-16)19-11-6-12-24-14-15-9-10-15/h15-16H,3-14H2,1-2H3,(H2,19,20,21). The van der Waals surface area contributed by atoms with E-state index in [9.17, 15) is 4.79 Å². The summed E-state index contributed by atoms with van der Waals surface area (Å²) in [5, 5.41) is 6.85. The van der Waals surface area contributed by atoms with Gasteiger partial charge in [0.25, 0.3) is 0 Å². The van der Waals surface area contributed by atoms with Gasteiger partial charge >= 0.3 is 0 Å². The fourth-order valence-electron chi connectivity index (χ4n) is 2.80. The highest BCUT2D eigenvalue weighted by molar-refractivity contribution is 5.84. The van der Waals surface area contributed by atoms with E-state index in [0.717, 1.165) is 38.1 Å². The molecule has 0 aromatic rings. The van der Waals surface area contributed by atoms with E-state index in [2.05, 4.69) is 15.6 Å². The van der Waals surface area contributed by atoms with Gasteiger partial charge in [0.1, 0.15) is 6.54 Å². The summed E-state index contributed by atoms with van der Waals surface area (Å²) in [6.07, 6.45) is 9.88. The predicted octanol–water partition coefficient (Wildman–Crippen LogP) is 1.76. The number of carbonyl (C=O) groups is 1. The Morgan fingerprint density at radius 2 is 1.92 bits per heavy atom. The smallest absolute Gasteiger partial charge is 0.243 e. The van der Waals surface area contributed by atoms with E-state index in [1.807, 2.05) is 0 Å². The molecular weight excluding hydrogens is 304 g/mol. The van der Waals surface area contributed by atoms with Crippen LogP contribution in [-0.2, 0) is 9.53 Å². The highest BCUT2D eigenvalue weighted by Crippen LogP contribution is 2.28. The first-order valence-electron chi connectivity index (χ1n) is 9.48. The lowest BCUT2D eigenvalue weighted by Crippen LogP contribution is -2.45. The van der Waals surface area contributed by atoms with Crippen LogP contribution >= 0.6 is 0 Å². The van der Waals surface area contributed by atoms with Crippen molar-refractivity contribution < 1.29 is 9.53 Å². The van der Waals surface area contributed by atoms with Gasteiger partial charge in [0, 0.05) is 39.9 Å². The topological polar surface area (TPSA) is 66.0 Å². The maximum atomic E-state index is 11.8. The summed E-state index contributed by atoms with van der Waals surface area (Å²) in [4.78, 5) is 17.8. The SMILES string of the molecule is CN(C)C(=O)CN=C(NCCCOCC1CC1)NC1CCCCC1. The number of aliphatic imine (C=N–C) groups is 1. The number of guanidine groups is 1. The third-order valence-electron chi connectivity index (χ3n) is 4.63. The average Bonchev–Trinajstić information content (AvgIpc) is 3.40. The minimum absolute atomic E-state index is 0.0208. The predicted molar refractivity (Wildman–Crippen MR) is 97.2 cm³/mol. The van der Waals surface area contributed by atoms with E-state index in [0.29, 0.717) is 6.04 Å². The number of amides is 1. The van der Waals surface area contributed by atoms with E-state index >= 15 is 0 Å². The molecule has 2 aliphatic rings. The van der Waals surface area contributed by atoms with Crippen molar-refractivity contribution in [1.29, 1.82) is 0 Å². The molecule has 2 aliphatic carbocycles. The molecule has 2 N–H and O–H groups in total. The van der Waals surface area contributed by atoms with Crippen molar-refractivity contribution in [2.24, 2.45) is 10.9 Å². The van der Waals surface area contributed by atoms with Crippen LogP contribution in [0, 0.1) is 5.92 Å². The second-order valence-corrected chi connectivity index (χ2v) is 7.23. The van der Waals surface area contributed by atoms with Crippen LogP contribution in [0.5, 0.6) is 0 Å². The molecule has 0 heterocycles. The van der Waals surface area contributed by atoms with Gasteiger partial charge in [0.15, 0.2) is 5.96 Å². The monoisotopic (exact) mass is 338 g/mol. The van der Waals surface area contributed by atoms with Gasteiger partial charge in [-0.25, -0.2) is 4.99 Å². The Morgan fingerprint density at radius 3 is 2.58 bits per heavy atom. The van der Waals surface area contributed by atoms with E-state index in [-0.39, 0.29) is 12.5 Å². The van der Waals surface area contributed by atoms with E-state index < -0.39 is 0 Å². The Morgan fingerprint density at radius 1 is 1.17 bits per heavy atom. The van der Waals surface area contributed by atoms with Crippen LogP contribution in [0.3, 0.4) is 0 Å². The van der Waals surface area contributed by atoms with Crippen LogP contribution in [0.15, 0.2) is 4.99 Å². The van der Waals surface area contributed by atoms with Gasteiger partial charge in [-0.1, -0.05) is 19.3 Å². The first-order chi connectivity index (χ1) is 11.6. The van der Waals surface area contributed by atoms with Gasteiger partial charge in [0.2, 0.25) is 5.91 Å². The summed E-state index contributed by atoms with van der Waals surface area (Å²) in [7, 11) is 3.52. The summed E-state index contributed by atoms with van der Waals surface area (Å²) < 4.78 is 5.66. The van der Waals surface area contributed by atoms with Crippen molar-refractivity contribution in [3.05, 3.63) is 0 Å². The molecule has 0 unspecified atom stereocenters. The number of hydrogen-bond donors (Lipinski definition) is 2. The third-order valence-corrected chi connectivity index (χ3v) is 4.63. The number of carbonyl (C=O) groups excluding carboxylic acids is 1. The summed E-state index contributed by atoms with van der Waals surface area (Å²) in [5.74, 6) is 1.60. The Kier molecular flexibility index (Phi) is 8.36. The Bertz CT molecular complexity index is 402. The summed E-state index contributed by atoms with van der Waals surface area (Å²) in [6.45, 7) is 2.71. The molecule has 0 bridgehead atoms. The maximum Gasteiger partial charge on any atom is 0.243 e. The number of likely N-dealkylation sites (N-methyl/N-ethyl adjacent to an activating group) is 1. The van der Waals surface area contributed by atoms with Crippen molar-refractivity contribution in [1.82, 2.24) is 15.5 Å². The number of nitrogens with one attached hydrogen (secondary N) is 2. The van der Waals surface area contributed by atoms with Crippen LogP contribution < -0.4 is 10.6 Å². The van der Waals surface area contributed by atoms with Crippen LogP contribution in [0.25, 0.3) is 0 Å². The first kappa shape index (κ1) is 19.0. The normalized spacial score (nSPS) is 19.2. The second kappa shape index (κ2) is 10.5. The second-order valence-electron chi connectivity index (χ2n) is 7.23. The molecule has 0 spiro atoms. The quantitative estimate of drug-likeness (QED) is 0.382. The molecule has 0 aliphatic heterocycles. The maximum absolute atomic E-state index is 11.8. The fraction of sp³-hybridized carbons (Fsp3) is 0.889. The molecule has 6 heteroatoms. The van der Waals surface area contributed by atoms with E-state index in [1.54, 1.807) is 19.0 Å². The highest BCUT2D eigenvalue weighted by atomic mass is 16.5. The van der Waals surface area contributed by atoms with Crippen molar-refractivity contribution >= 4 is 11.9 Å². The number of ether oxygens (including phenoxy) is 1. The summed E-state index contributed by atoms with van der Waals surface area (Å²) in [6, 6.07) is 0.477. The number of nitrogens with zero attached hydrogens (tertiary/aromatic N) is 2. The zero-order chi connectivity index (χ0) is 17.2. The zero-order valence-corrected chi connectivity index (χ0v) is 15.4. The van der Waals surface area contributed by atoms with E-state index in [1.165, 1.54) is 44.9 Å². The van der Waals surface area contributed by atoms with Gasteiger partial charge < -0.3 is 20.3 Å². The molecule has 2 rings (SSSR count). The molecule has 24 heavy (non-hydrogen) atoms. The summed E-state index contributed by atoms with van der Waals surface area (Å²) in [5.41, 5.74) is 0. The minimum Gasteiger partial charge on any atom is -0.381 e. The van der Waals surface area contributed by atoms with Crippen molar-refractivity contribution in [3.8, 4) is 0 Å². The first-order valence-corrected chi connectivity index (χ1v) is 9.48. The highest BCUT2D eigenvalue weighted by Gasteiger charge is 2.20. The molecule has 2 saturated carbocycles. The van der Waals surface area contributed by atoms with Crippen molar-refractivity contribution in [2.75, 3.05) is 40.4 Å². The lowest BCUT2D eigenvalue weighted by Gasteiger charge is -2.25. The van der Waals surface area contributed by atoms with Crippen molar-refractivity contribution in [2.45, 2.75) is 57.4 Å². The van der Waals surface area contributed by atoms with Crippen LogP contribution in [0.4, 0.5) is 0 Å². The fourth-order valence-corrected chi connectivity index (χ4v) is 2.80. The third kappa shape index (κ3) is 7.99. The Balaban J connectivity index is 1.70. The largest absolute Gasteiger partial charge is 0.381 e. The molecule has 0 aromatic heterocycles. The molecule has 1 amide bonds. The van der Waals surface area contributed by atoms with Crippen LogP contribution in [-0.4, -0.2) is 63.2 Å². The average molecular weight is 338 g/mol. The zero-order valence-electron chi connectivity index (χ0n) is 15.4. The minimum atomic E-state index is 0.0208. The van der Waals surface area contributed by atoms with Gasteiger partial charge in [0.05, 0.1) is 0 Å². The molecule has 6 nitrogen and oxygen atoms in total. The van der Waals surface area contributed by atoms with Crippen molar-refractivity contribution in [3.63, 3.8) is 0 Å². The molecule has 0 atom stereocenters. The molecular formula is C18H34N4O2. The lowest BCUT2D eigenvalue weighted by atomic mass is 9.96. The summed E-state index contributed by atoms with van der Waals surface area (Å²) >= 11 is 0. The Hall–Kier alpha value is -1.30. The van der Waals surface area contributed by atoms with Crippen LogP contribution in [0.2, 0.25) is 0 Å². The molecule has 138 valence electrons. The van der Waals surface area contributed by atoms with E-state index in [4.69, 9.17) is 4.74 Å². The number of rotatable bonds is 9.